The van der Waals surface area contributed by atoms with Crippen LogP contribution in [0.4, 0.5) is 0 Å². The first kappa shape index (κ1) is 12.1. The first-order valence-corrected chi connectivity index (χ1v) is 7.84. The van der Waals surface area contributed by atoms with Gasteiger partial charge in [0.1, 0.15) is 17.2 Å². The number of thiazole rings is 1. The summed E-state index contributed by atoms with van der Waals surface area (Å²) < 4.78 is 5.60. The molecule has 102 valence electrons. The molecule has 1 aromatic carbocycles. The molecular formula is C16H16N2OS. The number of aromatic nitrogens is 1. The highest BCUT2D eigenvalue weighted by atomic mass is 32.1. The molecule has 0 N–H and O–H groups in total. The third-order valence-electron chi connectivity index (χ3n) is 4.24. The molecule has 1 unspecified atom stereocenters. The quantitative estimate of drug-likeness (QED) is 0.803. The van der Waals surface area contributed by atoms with Crippen molar-refractivity contribution in [1.29, 1.82) is 0 Å². The summed E-state index contributed by atoms with van der Waals surface area (Å²) in [5, 5.41) is 3.16. The summed E-state index contributed by atoms with van der Waals surface area (Å²) in [7, 11) is 0. The van der Waals surface area contributed by atoms with Gasteiger partial charge in [-0.3, -0.25) is 0 Å². The van der Waals surface area contributed by atoms with Gasteiger partial charge in [-0.25, -0.2) is 9.98 Å². The molecule has 0 bridgehead atoms. The van der Waals surface area contributed by atoms with Crippen LogP contribution in [-0.4, -0.2) is 23.0 Å². The van der Waals surface area contributed by atoms with Crippen molar-refractivity contribution in [2.45, 2.75) is 31.7 Å². The average Bonchev–Trinajstić information content (AvgIpc) is 3.09. The zero-order chi connectivity index (χ0) is 13.6. The van der Waals surface area contributed by atoms with Crippen molar-refractivity contribution in [3.8, 4) is 10.6 Å². The second kappa shape index (κ2) is 4.42. The maximum absolute atomic E-state index is 5.60. The summed E-state index contributed by atoms with van der Waals surface area (Å²) in [5.41, 5.74) is 4.14. The number of rotatable bonds is 1. The van der Waals surface area contributed by atoms with Crippen molar-refractivity contribution in [1.82, 2.24) is 4.98 Å². The van der Waals surface area contributed by atoms with E-state index in [4.69, 9.17) is 9.73 Å². The predicted octanol–water partition coefficient (Wildman–Crippen LogP) is 3.49. The molecule has 2 heterocycles. The number of hydrogen-bond acceptors (Lipinski definition) is 4. The van der Waals surface area contributed by atoms with Gasteiger partial charge in [0.05, 0.1) is 0 Å². The fourth-order valence-corrected chi connectivity index (χ4v) is 4.00. The third kappa shape index (κ3) is 1.86. The molecule has 2 aliphatic rings. The molecule has 1 aromatic heterocycles. The Balaban J connectivity index is 1.76. The lowest BCUT2D eigenvalue weighted by Gasteiger charge is -2.31. The number of benzene rings is 1. The highest BCUT2D eigenvalue weighted by molar-refractivity contribution is 7.13. The van der Waals surface area contributed by atoms with Gasteiger partial charge >= 0.3 is 0 Å². The van der Waals surface area contributed by atoms with E-state index in [2.05, 4.69) is 23.2 Å². The Labute approximate surface area is 122 Å². The monoisotopic (exact) mass is 284 g/mol. The van der Waals surface area contributed by atoms with Crippen molar-refractivity contribution in [2.24, 2.45) is 4.99 Å². The van der Waals surface area contributed by atoms with E-state index in [1.54, 1.807) is 11.3 Å². The van der Waals surface area contributed by atoms with E-state index in [-0.39, 0.29) is 5.54 Å². The van der Waals surface area contributed by atoms with Gasteiger partial charge in [0, 0.05) is 30.5 Å². The molecule has 0 saturated carbocycles. The lowest BCUT2D eigenvalue weighted by atomic mass is 9.77. The number of fused-ring (bicyclic) bond motifs is 1. The fourth-order valence-electron chi connectivity index (χ4n) is 3.31. The Kier molecular flexibility index (Phi) is 2.67. The van der Waals surface area contributed by atoms with Gasteiger partial charge < -0.3 is 4.74 Å². The molecule has 1 spiro atoms. The van der Waals surface area contributed by atoms with E-state index < -0.39 is 0 Å². The maximum atomic E-state index is 5.60. The van der Waals surface area contributed by atoms with Crippen LogP contribution in [0.15, 0.2) is 34.8 Å². The van der Waals surface area contributed by atoms with Crippen LogP contribution in [0, 0.1) is 0 Å². The van der Waals surface area contributed by atoms with Crippen LogP contribution in [0.2, 0.25) is 0 Å². The van der Waals surface area contributed by atoms with E-state index in [0.29, 0.717) is 0 Å². The Bertz CT molecular complexity index is 678. The lowest BCUT2D eigenvalue weighted by Crippen LogP contribution is -2.35. The molecule has 2 aromatic rings. The second-order valence-electron chi connectivity index (χ2n) is 5.60. The standard InChI is InChI=1S/C16H16N2OS/c1-11-18-16(10-19-11)6-5-13-12(9-16)3-2-4-14(13)15-17-7-8-20-15/h2-4,7-8H,5-6,9-10H2,1H3. The van der Waals surface area contributed by atoms with Gasteiger partial charge in [0.15, 0.2) is 5.90 Å². The highest BCUT2D eigenvalue weighted by Crippen LogP contribution is 2.39. The summed E-state index contributed by atoms with van der Waals surface area (Å²) in [5.74, 6) is 0.838. The van der Waals surface area contributed by atoms with Gasteiger partial charge in [0.2, 0.25) is 0 Å². The number of hydrogen-bond donors (Lipinski definition) is 0. The van der Waals surface area contributed by atoms with Crippen LogP contribution >= 0.6 is 11.3 Å². The number of ether oxygens (including phenoxy) is 1. The zero-order valence-corrected chi connectivity index (χ0v) is 12.2. The molecule has 0 amide bonds. The number of nitrogens with zero attached hydrogens (tertiary/aromatic N) is 2. The van der Waals surface area contributed by atoms with Gasteiger partial charge in [-0.2, -0.15) is 0 Å². The summed E-state index contributed by atoms with van der Waals surface area (Å²) in [6, 6.07) is 6.56. The first-order valence-electron chi connectivity index (χ1n) is 6.96. The minimum Gasteiger partial charge on any atom is -0.479 e. The normalized spacial score (nSPS) is 24.4. The Morgan fingerprint density at radius 3 is 3.05 bits per heavy atom. The molecule has 0 fully saturated rings. The Morgan fingerprint density at radius 1 is 1.35 bits per heavy atom. The largest absolute Gasteiger partial charge is 0.479 e. The van der Waals surface area contributed by atoms with Crippen LogP contribution in [0.3, 0.4) is 0 Å². The smallest absolute Gasteiger partial charge is 0.180 e. The van der Waals surface area contributed by atoms with E-state index in [1.807, 2.05) is 18.5 Å². The van der Waals surface area contributed by atoms with Gasteiger partial charge in [-0.05, 0) is 24.0 Å². The summed E-state index contributed by atoms with van der Waals surface area (Å²) in [4.78, 5) is 9.21. The minimum atomic E-state index is -0.0153. The van der Waals surface area contributed by atoms with Crippen molar-refractivity contribution in [3.63, 3.8) is 0 Å². The highest BCUT2D eigenvalue weighted by Gasteiger charge is 2.39. The molecule has 0 saturated heterocycles. The van der Waals surface area contributed by atoms with Crippen LogP contribution < -0.4 is 0 Å². The van der Waals surface area contributed by atoms with E-state index >= 15 is 0 Å². The van der Waals surface area contributed by atoms with E-state index in [1.165, 1.54) is 16.7 Å². The van der Waals surface area contributed by atoms with Crippen molar-refractivity contribution >= 4 is 17.2 Å². The lowest BCUT2D eigenvalue weighted by molar-refractivity contribution is 0.236. The zero-order valence-electron chi connectivity index (χ0n) is 11.4. The molecule has 0 radical (unpaired) electrons. The number of aliphatic imine (C=N–C) groups is 1. The average molecular weight is 284 g/mol. The Morgan fingerprint density at radius 2 is 2.30 bits per heavy atom. The predicted molar refractivity (Wildman–Crippen MR) is 81.4 cm³/mol. The summed E-state index contributed by atoms with van der Waals surface area (Å²) in [6.07, 6.45) is 4.99. The molecule has 1 atom stereocenters. The topological polar surface area (TPSA) is 34.5 Å². The van der Waals surface area contributed by atoms with Crippen molar-refractivity contribution in [3.05, 3.63) is 40.9 Å². The second-order valence-corrected chi connectivity index (χ2v) is 6.50. The summed E-state index contributed by atoms with van der Waals surface area (Å²) in [6.45, 7) is 2.69. The SMILES string of the molecule is CC1=NC2(CCc3c(cccc3-c3nccs3)C2)CO1. The first-order chi connectivity index (χ1) is 9.76. The fraction of sp³-hybridized carbons (Fsp3) is 0.375. The van der Waals surface area contributed by atoms with E-state index in [0.717, 1.165) is 36.8 Å². The summed E-state index contributed by atoms with van der Waals surface area (Å²) >= 11 is 1.71. The van der Waals surface area contributed by atoms with Gasteiger partial charge in [-0.1, -0.05) is 18.2 Å². The van der Waals surface area contributed by atoms with E-state index in [9.17, 15) is 0 Å². The van der Waals surface area contributed by atoms with Gasteiger partial charge in [0.25, 0.3) is 0 Å². The van der Waals surface area contributed by atoms with Crippen molar-refractivity contribution in [2.75, 3.05) is 6.61 Å². The molecule has 4 heteroatoms. The minimum absolute atomic E-state index is 0.0153. The molecule has 4 rings (SSSR count). The van der Waals surface area contributed by atoms with Crippen LogP contribution in [-0.2, 0) is 17.6 Å². The van der Waals surface area contributed by atoms with Crippen LogP contribution in [0.25, 0.3) is 10.6 Å². The Hall–Kier alpha value is -1.68. The molecular weight excluding hydrogens is 268 g/mol. The maximum Gasteiger partial charge on any atom is 0.180 e. The van der Waals surface area contributed by atoms with Gasteiger partial charge in [-0.15, -0.1) is 11.3 Å². The molecule has 1 aliphatic carbocycles. The van der Waals surface area contributed by atoms with Crippen LogP contribution in [0.5, 0.6) is 0 Å². The van der Waals surface area contributed by atoms with Crippen molar-refractivity contribution < 1.29 is 4.74 Å². The van der Waals surface area contributed by atoms with Crippen LogP contribution in [0.1, 0.15) is 24.5 Å². The molecule has 20 heavy (non-hydrogen) atoms. The molecule has 3 nitrogen and oxygen atoms in total. The third-order valence-corrected chi connectivity index (χ3v) is 5.05. The molecule has 1 aliphatic heterocycles.